The SMILES string of the molecule is C=CCNC(=O)Cc1cc(=O)[nH]c(SCC(=O)NC(C)C)n1. The number of thioether (sulfide) groups is 1. The lowest BCUT2D eigenvalue weighted by molar-refractivity contribution is -0.120. The van der Waals surface area contributed by atoms with Crippen LogP contribution in [0.4, 0.5) is 0 Å². The predicted octanol–water partition coefficient (Wildman–Crippen LogP) is 0.231. The van der Waals surface area contributed by atoms with E-state index in [0.29, 0.717) is 17.4 Å². The Morgan fingerprint density at radius 1 is 1.45 bits per heavy atom. The first-order valence-electron chi connectivity index (χ1n) is 6.80. The lowest BCUT2D eigenvalue weighted by Crippen LogP contribution is -2.31. The summed E-state index contributed by atoms with van der Waals surface area (Å²) in [5, 5.41) is 5.67. The number of hydrogen-bond donors (Lipinski definition) is 3. The highest BCUT2D eigenvalue weighted by molar-refractivity contribution is 7.99. The van der Waals surface area contributed by atoms with Crippen LogP contribution >= 0.6 is 11.8 Å². The first-order valence-corrected chi connectivity index (χ1v) is 7.79. The van der Waals surface area contributed by atoms with Crippen LogP contribution in [-0.2, 0) is 16.0 Å². The Balaban J connectivity index is 2.65. The van der Waals surface area contributed by atoms with Gasteiger partial charge in [-0.05, 0) is 13.8 Å². The summed E-state index contributed by atoms with van der Waals surface area (Å²) in [7, 11) is 0. The number of nitrogens with zero attached hydrogens (tertiary/aromatic N) is 1. The van der Waals surface area contributed by atoms with Crippen molar-refractivity contribution in [3.05, 3.63) is 34.8 Å². The van der Waals surface area contributed by atoms with E-state index in [-0.39, 0.29) is 35.6 Å². The molecule has 1 aromatic rings. The van der Waals surface area contributed by atoms with Crippen LogP contribution in [-0.4, -0.2) is 40.1 Å². The molecule has 0 unspecified atom stereocenters. The molecule has 0 spiro atoms. The molecule has 1 heterocycles. The minimum Gasteiger partial charge on any atom is -0.353 e. The van der Waals surface area contributed by atoms with Crippen molar-refractivity contribution in [2.45, 2.75) is 31.5 Å². The number of carbonyl (C=O) groups excluding carboxylic acids is 2. The van der Waals surface area contributed by atoms with Gasteiger partial charge in [-0.1, -0.05) is 17.8 Å². The van der Waals surface area contributed by atoms with Gasteiger partial charge < -0.3 is 15.6 Å². The summed E-state index contributed by atoms with van der Waals surface area (Å²) in [4.78, 5) is 41.5. The number of nitrogens with one attached hydrogen (secondary N) is 3. The highest BCUT2D eigenvalue weighted by atomic mass is 32.2. The van der Waals surface area contributed by atoms with Crippen LogP contribution in [0.25, 0.3) is 0 Å². The van der Waals surface area contributed by atoms with Gasteiger partial charge in [0, 0.05) is 18.7 Å². The van der Waals surface area contributed by atoms with Gasteiger partial charge in [-0.3, -0.25) is 14.4 Å². The molecule has 0 fully saturated rings. The summed E-state index contributed by atoms with van der Waals surface area (Å²) in [6.07, 6.45) is 1.57. The van der Waals surface area contributed by atoms with E-state index in [2.05, 4.69) is 27.2 Å². The molecule has 0 aliphatic carbocycles. The molecule has 0 aliphatic rings. The third-order valence-electron chi connectivity index (χ3n) is 2.35. The number of rotatable bonds is 8. The number of H-pyrrole nitrogens is 1. The minimum atomic E-state index is -0.353. The molecule has 22 heavy (non-hydrogen) atoms. The fourth-order valence-corrected chi connectivity index (χ4v) is 2.26. The van der Waals surface area contributed by atoms with E-state index in [4.69, 9.17) is 0 Å². The normalized spacial score (nSPS) is 10.3. The molecule has 1 rings (SSSR count). The van der Waals surface area contributed by atoms with Crippen LogP contribution in [0.3, 0.4) is 0 Å². The molecule has 3 N–H and O–H groups in total. The minimum absolute atomic E-state index is 0.00348. The molecule has 0 saturated heterocycles. The van der Waals surface area contributed by atoms with E-state index in [0.717, 1.165) is 11.8 Å². The van der Waals surface area contributed by atoms with Gasteiger partial charge >= 0.3 is 0 Å². The highest BCUT2D eigenvalue weighted by Crippen LogP contribution is 2.11. The Hall–Kier alpha value is -2.09. The molecule has 8 heteroatoms. The first-order chi connectivity index (χ1) is 10.4. The standard InChI is InChI=1S/C14H20N4O3S/c1-4-5-15-11(19)6-10-7-12(20)18-14(17-10)22-8-13(21)16-9(2)3/h4,7,9H,1,5-6,8H2,2-3H3,(H,15,19)(H,16,21)(H,17,18,20). The quantitative estimate of drug-likeness (QED) is 0.361. The van der Waals surface area contributed by atoms with Crippen LogP contribution in [0.15, 0.2) is 28.7 Å². The van der Waals surface area contributed by atoms with Crippen LogP contribution in [0.2, 0.25) is 0 Å². The smallest absolute Gasteiger partial charge is 0.251 e. The molecular weight excluding hydrogens is 304 g/mol. The van der Waals surface area contributed by atoms with Gasteiger partial charge in [0.1, 0.15) is 0 Å². The fourth-order valence-electron chi connectivity index (χ4n) is 1.55. The Kier molecular flexibility index (Phi) is 7.38. The van der Waals surface area contributed by atoms with E-state index >= 15 is 0 Å². The maximum Gasteiger partial charge on any atom is 0.251 e. The zero-order valence-electron chi connectivity index (χ0n) is 12.6. The number of aromatic nitrogens is 2. The average Bonchev–Trinajstić information content (AvgIpc) is 2.41. The third kappa shape index (κ3) is 7.07. The second kappa shape index (κ2) is 9.04. The average molecular weight is 324 g/mol. The third-order valence-corrected chi connectivity index (χ3v) is 3.22. The first kappa shape index (κ1) is 18.0. The van der Waals surface area contributed by atoms with E-state index in [1.165, 1.54) is 6.07 Å². The van der Waals surface area contributed by atoms with Gasteiger partial charge in [0.25, 0.3) is 5.56 Å². The fraction of sp³-hybridized carbons (Fsp3) is 0.429. The van der Waals surface area contributed by atoms with Gasteiger partial charge in [0.05, 0.1) is 17.9 Å². The van der Waals surface area contributed by atoms with Crippen LogP contribution in [0.1, 0.15) is 19.5 Å². The van der Waals surface area contributed by atoms with Crippen LogP contribution in [0.5, 0.6) is 0 Å². The van der Waals surface area contributed by atoms with E-state index in [1.807, 2.05) is 13.8 Å². The molecular formula is C14H20N4O3S. The topological polar surface area (TPSA) is 104 Å². The summed E-state index contributed by atoms with van der Waals surface area (Å²) < 4.78 is 0. The molecule has 0 aromatic carbocycles. The summed E-state index contributed by atoms with van der Waals surface area (Å²) in [6.45, 7) is 7.60. The van der Waals surface area contributed by atoms with Crippen molar-refractivity contribution in [3.8, 4) is 0 Å². The van der Waals surface area contributed by atoms with Crippen molar-refractivity contribution in [1.82, 2.24) is 20.6 Å². The molecule has 0 radical (unpaired) electrons. The van der Waals surface area contributed by atoms with Crippen LogP contribution in [0, 0.1) is 0 Å². The van der Waals surface area contributed by atoms with Crippen molar-refractivity contribution in [2.24, 2.45) is 0 Å². The maximum absolute atomic E-state index is 11.6. The highest BCUT2D eigenvalue weighted by Gasteiger charge is 2.09. The van der Waals surface area contributed by atoms with Gasteiger partial charge in [-0.2, -0.15) is 0 Å². The van der Waals surface area contributed by atoms with Gasteiger partial charge in [0.2, 0.25) is 11.8 Å². The second-order valence-electron chi connectivity index (χ2n) is 4.82. The van der Waals surface area contributed by atoms with Crippen molar-refractivity contribution >= 4 is 23.6 Å². The van der Waals surface area contributed by atoms with E-state index < -0.39 is 0 Å². The number of carbonyl (C=O) groups is 2. The predicted molar refractivity (Wildman–Crippen MR) is 85.8 cm³/mol. The molecule has 0 saturated carbocycles. The summed E-state index contributed by atoms with van der Waals surface area (Å²) >= 11 is 1.12. The van der Waals surface area contributed by atoms with Crippen molar-refractivity contribution < 1.29 is 9.59 Å². The molecule has 120 valence electrons. The Bertz CT molecular complexity index is 598. The molecule has 1 aromatic heterocycles. The summed E-state index contributed by atoms with van der Waals surface area (Å²) in [5.74, 6) is -0.240. The molecule has 0 aliphatic heterocycles. The Labute approximate surface area is 133 Å². The van der Waals surface area contributed by atoms with Gasteiger partial charge in [-0.15, -0.1) is 6.58 Å². The van der Waals surface area contributed by atoms with Gasteiger partial charge in [0.15, 0.2) is 5.16 Å². The van der Waals surface area contributed by atoms with Crippen molar-refractivity contribution in [3.63, 3.8) is 0 Å². The van der Waals surface area contributed by atoms with Crippen molar-refractivity contribution in [2.75, 3.05) is 12.3 Å². The lowest BCUT2D eigenvalue weighted by atomic mass is 10.3. The summed E-state index contributed by atoms with van der Waals surface area (Å²) in [6, 6.07) is 1.33. The van der Waals surface area contributed by atoms with E-state index in [9.17, 15) is 14.4 Å². The van der Waals surface area contributed by atoms with Crippen LogP contribution < -0.4 is 16.2 Å². The zero-order chi connectivity index (χ0) is 16.5. The second-order valence-corrected chi connectivity index (χ2v) is 5.79. The van der Waals surface area contributed by atoms with E-state index in [1.54, 1.807) is 6.08 Å². The van der Waals surface area contributed by atoms with Crippen molar-refractivity contribution in [1.29, 1.82) is 0 Å². The number of amides is 2. The molecule has 0 bridgehead atoms. The lowest BCUT2D eigenvalue weighted by Gasteiger charge is -2.08. The molecule has 0 atom stereocenters. The Morgan fingerprint density at radius 2 is 2.18 bits per heavy atom. The Morgan fingerprint density at radius 3 is 2.82 bits per heavy atom. The zero-order valence-corrected chi connectivity index (χ0v) is 13.5. The molecule has 7 nitrogen and oxygen atoms in total. The molecule has 2 amide bonds. The number of hydrogen-bond acceptors (Lipinski definition) is 5. The van der Waals surface area contributed by atoms with Gasteiger partial charge in [-0.25, -0.2) is 4.98 Å². The largest absolute Gasteiger partial charge is 0.353 e. The number of aromatic amines is 1. The summed E-state index contributed by atoms with van der Waals surface area (Å²) in [5.41, 5.74) is 0.00497. The maximum atomic E-state index is 11.6. The monoisotopic (exact) mass is 324 g/mol.